The lowest BCUT2D eigenvalue weighted by Crippen LogP contribution is -2.47. The van der Waals surface area contributed by atoms with Crippen LogP contribution >= 0.6 is 0 Å². The molecule has 0 radical (unpaired) electrons. The molecular formula is C23H37N3O2. The summed E-state index contributed by atoms with van der Waals surface area (Å²) in [6.45, 7) is 6.41. The first-order valence-electron chi connectivity index (χ1n) is 10.9. The van der Waals surface area contributed by atoms with Crippen molar-refractivity contribution in [1.82, 2.24) is 14.7 Å². The van der Waals surface area contributed by atoms with Crippen LogP contribution in [0.2, 0.25) is 0 Å². The summed E-state index contributed by atoms with van der Waals surface area (Å²) in [5.74, 6) is 1.67. The molecule has 0 bridgehead atoms. The number of fused-ring (bicyclic) bond motifs is 1. The smallest absolute Gasteiger partial charge is 0.319 e. The number of nitrogens with zero attached hydrogens (tertiary/aromatic N) is 3. The van der Waals surface area contributed by atoms with E-state index in [1.165, 1.54) is 43.5 Å². The van der Waals surface area contributed by atoms with Crippen LogP contribution in [0.3, 0.4) is 0 Å². The van der Waals surface area contributed by atoms with Crippen molar-refractivity contribution in [3.8, 4) is 5.75 Å². The summed E-state index contributed by atoms with van der Waals surface area (Å²) in [6.07, 6.45) is 6.98. The highest BCUT2D eigenvalue weighted by Gasteiger charge is 2.29. The zero-order valence-corrected chi connectivity index (χ0v) is 18.1. The molecule has 1 aliphatic carbocycles. The predicted molar refractivity (Wildman–Crippen MR) is 114 cm³/mol. The van der Waals surface area contributed by atoms with Gasteiger partial charge in [-0.2, -0.15) is 0 Å². The van der Waals surface area contributed by atoms with Gasteiger partial charge in [0, 0.05) is 39.8 Å². The van der Waals surface area contributed by atoms with E-state index in [4.69, 9.17) is 4.74 Å². The van der Waals surface area contributed by atoms with Crippen LogP contribution in [-0.4, -0.2) is 74.2 Å². The van der Waals surface area contributed by atoms with Crippen LogP contribution in [0.1, 0.15) is 43.7 Å². The van der Waals surface area contributed by atoms with Crippen LogP contribution in [-0.2, 0) is 12.8 Å². The minimum atomic E-state index is 0.154. The number of amides is 2. The first-order valence-corrected chi connectivity index (χ1v) is 10.9. The second-order valence-electron chi connectivity index (χ2n) is 8.63. The Labute approximate surface area is 170 Å². The summed E-state index contributed by atoms with van der Waals surface area (Å²) in [6, 6.07) is 7.34. The fraction of sp³-hybridized carbons (Fsp3) is 0.696. The lowest BCUT2D eigenvalue weighted by molar-refractivity contribution is 0.109. The average Bonchev–Trinajstić information content (AvgIpc) is 2.72. The van der Waals surface area contributed by atoms with Crippen LogP contribution in [0.15, 0.2) is 18.2 Å². The molecular weight excluding hydrogens is 350 g/mol. The van der Waals surface area contributed by atoms with Crippen molar-refractivity contribution >= 4 is 6.03 Å². The molecule has 5 heteroatoms. The lowest BCUT2D eigenvalue weighted by atomic mass is 9.86. The van der Waals surface area contributed by atoms with Gasteiger partial charge in [-0.3, -0.25) is 4.90 Å². The number of carbonyl (C=O) groups is 1. The molecule has 1 saturated heterocycles. The fourth-order valence-electron chi connectivity index (χ4n) is 4.78. The van der Waals surface area contributed by atoms with Crippen LogP contribution in [0.5, 0.6) is 5.75 Å². The van der Waals surface area contributed by atoms with Gasteiger partial charge in [0.1, 0.15) is 5.75 Å². The Morgan fingerprint density at radius 1 is 1.18 bits per heavy atom. The molecule has 0 N–H and O–H groups in total. The van der Waals surface area contributed by atoms with Crippen LogP contribution in [0.4, 0.5) is 4.79 Å². The summed E-state index contributed by atoms with van der Waals surface area (Å²) in [5, 5.41) is 0. The van der Waals surface area contributed by atoms with Gasteiger partial charge in [0.25, 0.3) is 0 Å². The molecule has 1 aromatic rings. The van der Waals surface area contributed by atoms with Crippen molar-refractivity contribution in [3.05, 3.63) is 29.3 Å². The summed E-state index contributed by atoms with van der Waals surface area (Å²) < 4.78 is 5.44. The maximum atomic E-state index is 12.2. The minimum absolute atomic E-state index is 0.154. The number of aryl methyl sites for hydroxylation is 1. The molecule has 0 saturated carbocycles. The first kappa shape index (κ1) is 21.0. The molecule has 1 unspecified atom stereocenters. The topological polar surface area (TPSA) is 36.0 Å². The van der Waals surface area contributed by atoms with Gasteiger partial charge in [0.15, 0.2) is 0 Å². The summed E-state index contributed by atoms with van der Waals surface area (Å²) in [7, 11) is 5.43. The van der Waals surface area contributed by atoms with Crippen molar-refractivity contribution < 1.29 is 9.53 Å². The number of hydrogen-bond acceptors (Lipinski definition) is 3. The van der Waals surface area contributed by atoms with Crippen molar-refractivity contribution in [2.24, 2.45) is 5.92 Å². The maximum absolute atomic E-state index is 12.2. The van der Waals surface area contributed by atoms with Gasteiger partial charge in [-0.1, -0.05) is 13.0 Å². The molecule has 0 aromatic heterocycles. The second-order valence-corrected chi connectivity index (χ2v) is 8.63. The number of rotatable bonds is 6. The van der Waals surface area contributed by atoms with Crippen LogP contribution in [0.25, 0.3) is 0 Å². The van der Waals surface area contributed by atoms with E-state index in [0.717, 1.165) is 38.1 Å². The Kier molecular flexibility index (Phi) is 7.22. The van der Waals surface area contributed by atoms with Crippen molar-refractivity contribution in [3.63, 3.8) is 0 Å². The van der Waals surface area contributed by atoms with E-state index in [1.54, 1.807) is 12.0 Å². The number of carbonyl (C=O) groups excluding carboxylic acids is 1. The third-order valence-corrected chi connectivity index (χ3v) is 6.40. The Morgan fingerprint density at radius 2 is 1.93 bits per heavy atom. The summed E-state index contributed by atoms with van der Waals surface area (Å²) >= 11 is 0. The second kappa shape index (κ2) is 9.64. The first-order chi connectivity index (χ1) is 13.5. The highest BCUT2D eigenvalue weighted by atomic mass is 16.5. The molecule has 5 nitrogen and oxygen atoms in total. The number of hydrogen-bond donors (Lipinski definition) is 0. The Bertz CT molecular complexity index is 653. The van der Waals surface area contributed by atoms with Gasteiger partial charge < -0.3 is 14.5 Å². The van der Waals surface area contributed by atoms with Crippen molar-refractivity contribution in [2.75, 3.05) is 47.4 Å². The van der Waals surface area contributed by atoms with E-state index in [0.29, 0.717) is 12.0 Å². The monoisotopic (exact) mass is 387 g/mol. The Morgan fingerprint density at radius 3 is 2.57 bits per heavy atom. The third-order valence-electron chi connectivity index (χ3n) is 6.40. The standard InChI is InChI=1S/C23H37N3O2/c1-5-12-26(17-18-10-13-25(14-11-18)23(27)24(2)3)21-8-6-19-7-9-22(28-4)16-20(19)15-21/h7,9,16,18,21H,5-6,8,10-15,17H2,1-4H3. The fourth-order valence-corrected chi connectivity index (χ4v) is 4.78. The van der Waals surface area contributed by atoms with E-state index in [1.807, 2.05) is 19.0 Å². The Hall–Kier alpha value is -1.75. The SMILES string of the molecule is CCCN(CC1CCN(C(=O)N(C)C)CC1)C1CCc2ccc(OC)cc2C1. The van der Waals surface area contributed by atoms with Crippen molar-refractivity contribution in [2.45, 2.75) is 51.5 Å². The molecule has 1 atom stereocenters. The zero-order valence-electron chi connectivity index (χ0n) is 18.1. The molecule has 1 aromatic carbocycles. The largest absolute Gasteiger partial charge is 0.497 e. The summed E-state index contributed by atoms with van der Waals surface area (Å²) in [5.41, 5.74) is 2.95. The molecule has 156 valence electrons. The lowest BCUT2D eigenvalue weighted by Gasteiger charge is -2.40. The minimum Gasteiger partial charge on any atom is -0.497 e. The predicted octanol–water partition coefficient (Wildman–Crippen LogP) is 3.66. The van der Waals surface area contributed by atoms with E-state index in [-0.39, 0.29) is 6.03 Å². The molecule has 1 heterocycles. The van der Waals surface area contributed by atoms with Gasteiger partial charge in [-0.25, -0.2) is 4.79 Å². The molecule has 28 heavy (non-hydrogen) atoms. The number of urea groups is 1. The molecule has 2 amide bonds. The van der Waals surface area contributed by atoms with E-state index >= 15 is 0 Å². The number of benzene rings is 1. The van der Waals surface area contributed by atoms with Crippen molar-refractivity contribution in [1.29, 1.82) is 0 Å². The summed E-state index contributed by atoms with van der Waals surface area (Å²) in [4.78, 5) is 18.6. The van der Waals surface area contributed by atoms with Gasteiger partial charge in [-0.15, -0.1) is 0 Å². The number of piperidine rings is 1. The van der Waals surface area contributed by atoms with Crippen LogP contribution in [0, 0.1) is 5.92 Å². The van der Waals surface area contributed by atoms with Gasteiger partial charge in [0.2, 0.25) is 0 Å². The van der Waals surface area contributed by atoms with Gasteiger partial charge in [0.05, 0.1) is 7.11 Å². The van der Waals surface area contributed by atoms with Gasteiger partial charge >= 0.3 is 6.03 Å². The van der Waals surface area contributed by atoms with E-state index in [9.17, 15) is 4.79 Å². The molecule has 3 rings (SSSR count). The molecule has 1 aliphatic heterocycles. The van der Waals surface area contributed by atoms with E-state index < -0.39 is 0 Å². The number of ether oxygens (including phenoxy) is 1. The maximum Gasteiger partial charge on any atom is 0.319 e. The number of likely N-dealkylation sites (tertiary alicyclic amines) is 1. The quantitative estimate of drug-likeness (QED) is 0.747. The zero-order chi connectivity index (χ0) is 20.1. The molecule has 0 spiro atoms. The Balaban J connectivity index is 1.59. The number of methoxy groups -OCH3 is 1. The normalized spacial score (nSPS) is 20.2. The van der Waals surface area contributed by atoms with E-state index in [2.05, 4.69) is 30.0 Å². The highest BCUT2D eigenvalue weighted by Crippen LogP contribution is 2.29. The molecule has 2 aliphatic rings. The third kappa shape index (κ3) is 4.99. The highest BCUT2D eigenvalue weighted by molar-refractivity contribution is 5.73. The van der Waals surface area contributed by atoms with Gasteiger partial charge in [-0.05, 0) is 74.2 Å². The average molecular weight is 388 g/mol. The molecule has 1 fully saturated rings. The van der Waals surface area contributed by atoms with Crippen LogP contribution < -0.4 is 4.74 Å².